The first-order valence-electron chi connectivity index (χ1n) is 12.1. The van der Waals surface area contributed by atoms with Crippen molar-refractivity contribution in [1.29, 1.82) is 0 Å². The van der Waals surface area contributed by atoms with Crippen molar-refractivity contribution in [2.45, 2.75) is 111 Å². The fourth-order valence-electron chi connectivity index (χ4n) is 3.13. The van der Waals surface area contributed by atoms with Crippen LogP contribution in [0.2, 0.25) is 0 Å². The van der Waals surface area contributed by atoms with Gasteiger partial charge in [0.05, 0.1) is 13.2 Å². The first-order valence-corrected chi connectivity index (χ1v) is 13.5. The van der Waals surface area contributed by atoms with Gasteiger partial charge in [0.15, 0.2) is 0 Å². The molecule has 27 heteroatoms. The molecule has 0 spiro atoms. The van der Waals surface area contributed by atoms with Crippen molar-refractivity contribution in [1.82, 2.24) is 0 Å². The summed E-state index contributed by atoms with van der Waals surface area (Å²) in [5, 5.41) is 0. The van der Waals surface area contributed by atoms with Crippen LogP contribution in [0, 0.1) is 0 Å². The van der Waals surface area contributed by atoms with Gasteiger partial charge in [0.25, 0.3) is 7.82 Å². The van der Waals surface area contributed by atoms with Gasteiger partial charge < -0.3 is 13.9 Å². The fourth-order valence-corrected chi connectivity index (χ4v) is 3.87. The molecule has 0 N–H and O–H groups in total. The Morgan fingerprint density at radius 3 is 1.13 bits per heavy atom. The van der Waals surface area contributed by atoms with E-state index in [1.165, 1.54) is 0 Å². The zero-order valence-corrected chi connectivity index (χ0v) is 26.3. The van der Waals surface area contributed by atoms with E-state index in [1.807, 2.05) is 6.92 Å². The van der Waals surface area contributed by atoms with Crippen LogP contribution in [0.3, 0.4) is 0 Å². The van der Waals surface area contributed by atoms with E-state index >= 15 is 0 Å². The number of halogens is 21. The molecule has 0 radical (unpaired) electrons. The third-order valence-corrected chi connectivity index (χ3v) is 6.99. The predicted molar refractivity (Wildman–Crippen MR) is 108 cm³/mol. The zero-order valence-electron chi connectivity index (χ0n) is 23.4. The van der Waals surface area contributed by atoms with Gasteiger partial charge in [-0.15, -0.1) is 0 Å². The van der Waals surface area contributed by atoms with Gasteiger partial charge in [-0.1, -0.05) is 39.0 Å². The molecule has 0 aliphatic rings. The largest absolute Gasteiger partial charge is 1.00 e. The van der Waals surface area contributed by atoms with E-state index < -0.39 is 86.9 Å². The SMILES string of the molecule is CCCCCCCCOP(=O)([O-])OCCC(F)(F)C(F)(F)C(F)(F)C(F)(F)C(F)(F)C(F)(F)C(F)(F)C(F)(F)C(F)(F)C(F)(F)F.[Na+]. The minimum atomic E-state index is -9.26. The summed E-state index contributed by atoms with van der Waals surface area (Å²) in [4.78, 5) is 11.5. The molecule has 278 valence electrons. The summed E-state index contributed by atoms with van der Waals surface area (Å²) in [7, 11) is -5.75. The summed E-state index contributed by atoms with van der Waals surface area (Å²) < 4.78 is 300. The molecule has 0 aliphatic carbocycles. The number of unbranched alkanes of at least 4 members (excludes halogenated alkanes) is 5. The van der Waals surface area contributed by atoms with Crippen LogP contribution < -0.4 is 34.5 Å². The molecule has 0 heterocycles. The molecule has 0 bridgehead atoms. The van der Waals surface area contributed by atoms with Gasteiger partial charge >= 0.3 is 89.0 Å². The molecule has 0 amide bonds. The average molecular weight is 778 g/mol. The zero-order chi connectivity index (χ0) is 37.3. The van der Waals surface area contributed by atoms with Crippen molar-refractivity contribution in [2.75, 3.05) is 13.2 Å². The van der Waals surface area contributed by atoms with Crippen LogP contribution in [0.1, 0.15) is 51.9 Å². The molecule has 0 rings (SSSR count). The van der Waals surface area contributed by atoms with Crippen molar-refractivity contribution in [2.24, 2.45) is 0 Å². The number of alkyl halides is 21. The molecule has 4 nitrogen and oxygen atoms in total. The van der Waals surface area contributed by atoms with Crippen LogP contribution in [0.25, 0.3) is 0 Å². The molecule has 47 heavy (non-hydrogen) atoms. The normalized spacial score (nSPS) is 16.6. The van der Waals surface area contributed by atoms with E-state index in [2.05, 4.69) is 9.05 Å². The average Bonchev–Trinajstić information content (AvgIpc) is 2.86. The van der Waals surface area contributed by atoms with Gasteiger partial charge in [-0.05, 0) is 6.42 Å². The molecule has 0 saturated carbocycles. The number of phosphoric ester groups is 1. The van der Waals surface area contributed by atoms with E-state index in [0.717, 1.165) is 12.8 Å². The third-order valence-electron chi connectivity index (χ3n) is 5.99. The van der Waals surface area contributed by atoms with Gasteiger partial charge in [-0.3, -0.25) is 4.57 Å². The van der Waals surface area contributed by atoms with E-state index in [0.29, 0.717) is 19.3 Å². The van der Waals surface area contributed by atoms with Crippen LogP contribution in [0.15, 0.2) is 0 Å². The predicted octanol–water partition coefficient (Wildman–Crippen LogP) is 6.52. The third kappa shape index (κ3) is 8.93. The van der Waals surface area contributed by atoms with E-state index in [9.17, 15) is 102 Å². The Kier molecular flexibility index (Phi) is 16.1. The Hall–Kier alpha value is -0.360. The van der Waals surface area contributed by atoms with Gasteiger partial charge in [-0.2, -0.15) is 92.2 Å². The minimum absolute atomic E-state index is 0. The van der Waals surface area contributed by atoms with Crippen molar-refractivity contribution in [3.05, 3.63) is 0 Å². The summed E-state index contributed by atoms with van der Waals surface area (Å²) in [6.07, 6.45) is -8.12. The molecular formula is C20H21F21NaO4P. The second-order valence-corrected chi connectivity index (χ2v) is 10.8. The van der Waals surface area contributed by atoms with Gasteiger partial charge in [-0.25, -0.2) is 0 Å². The van der Waals surface area contributed by atoms with Crippen molar-refractivity contribution in [3.63, 3.8) is 0 Å². The Labute approximate surface area is 272 Å². The number of hydrogen-bond acceptors (Lipinski definition) is 4. The first-order chi connectivity index (χ1) is 20.0. The van der Waals surface area contributed by atoms with Crippen LogP contribution in [-0.4, -0.2) is 72.7 Å². The second-order valence-electron chi connectivity index (χ2n) is 9.43. The number of rotatable bonds is 20. The maximum atomic E-state index is 13.9. The Balaban J connectivity index is 0. The maximum absolute atomic E-state index is 13.9. The molecule has 1 atom stereocenters. The topological polar surface area (TPSA) is 58.6 Å². The second kappa shape index (κ2) is 15.5. The van der Waals surface area contributed by atoms with E-state index in [-0.39, 0.29) is 36.0 Å². The maximum Gasteiger partial charge on any atom is 1.00 e. The molecular weight excluding hydrogens is 757 g/mol. The molecule has 0 aliphatic heterocycles. The molecule has 0 aromatic rings. The summed E-state index contributed by atoms with van der Waals surface area (Å²) in [5.74, 6) is -78.1. The summed E-state index contributed by atoms with van der Waals surface area (Å²) in [6, 6.07) is 0. The summed E-state index contributed by atoms with van der Waals surface area (Å²) in [6.45, 7) is -1.31. The quantitative estimate of drug-likeness (QED) is 0.0612. The fraction of sp³-hybridized carbons (Fsp3) is 1.00. The molecule has 0 saturated heterocycles. The van der Waals surface area contributed by atoms with Crippen molar-refractivity contribution in [3.8, 4) is 0 Å². The molecule has 1 unspecified atom stereocenters. The van der Waals surface area contributed by atoms with E-state index in [4.69, 9.17) is 0 Å². The number of hydrogen-bond donors (Lipinski definition) is 0. The van der Waals surface area contributed by atoms with E-state index in [1.54, 1.807) is 0 Å². The summed E-state index contributed by atoms with van der Waals surface area (Å²) >= 11 is 0. The van der Waals surface area contributed by atoms with Crippen LogP contribution in [0.4, 0.5) is 92.2 Å². The smallest absolute Gasteiger partial charge is 0.756 e. The monoisotopic (exact) mass is 778 g/mol. The van der Waals surface area contributed by atoms with Crippen molar-refractivity contribution < 1.29 is 140 Å². The first kappa shape index (κ1) is 48.8. The Morgan fingerprint density at radius 2 is 0.766 bits per heavy atom. The molecule has 0 fully saturated rings. The Morgan fingerprint density at radius 1 is 0.468 bits per heavy atom. The van der Waals surface area contributed by atoms with Crippen LogP contribution in [-0.2, 0) is 13.6 Å². The number of phosphoric acid groups is 1. The van der Waals surface area contributed by atoms with Gasteiger partial charge in [0, 0.05) is 6.42 Å². The molecule has 0 aromatic carbocycles. The Bertz CT molecular complexity index is 1050. The summed E-state index contributed by atoms with van der Waals surface area (Å²) in [5.41, 5.74) is 0. The molecule has 0 aromatic heterocycles. The van der Waals surface area contributed by atoms with Gasteiger partial charge in [0.1, 0.15) is 0 Å². The van der Waals surface area contributed by atoms with Gasteiger partial charge in [0.2, 0.25) is 0 Å². The minimum Gasteiger partial charge on any atom is -0.756 e. The van der Waals surface area contributed by atoms with Crippen molar-refractivity contribution >= 4 is 7.82 Å². The van der Waals surface area contributed by atoms with Crippen LogP contribution in [0.5, 0.6) is 0 Å². The standard InChI is InChI=1S/C20H22F21O4P.Na/c1-2-3-4-5-6-7-9-44-46(42,43)45-10-8-11(21,22)12(23,24)13(25,26)14(27,28)15(29,30)16(31,32)17(33,34)18(35,36)19(37,38)20(39,40)41;/h2-10H2,1H3,(H,42,43);/q;+1/p-1. The van der Waals surface area contributed by atoms with Crippen LogP contribution >= 0.6 is 7.82 Å².